The first-order valence-electron chi connectivity index (χ1n) is 10.4. The summed E-state index contributed by atoms with van der Waals surface area (Å²) in [5.41, 5.74) is 1.20. The van der Waals surface area contributed by atoms with E-state index in [1.807, 2.05) is 6.92 Å². The summed E-state index contributed by atoms with van der Waals surface area (Å²) >= 11 is 0. The van der Waals surface area contributed by atoms with Crippen molar-refractivity contribution in [2.45, 2.75) is 20.4 Å². The fraction of sp³-hybridized carbons (Fsp3) is 0.316. The Hall–Kier alpha value is -4.16. The van der Waals surface area contributed by atoms with E-state index in [4.69, 9.17) is 17.2 Å². The number of hydrogen-bond donors (Lipinski definition) is 5. The second-order valence-electron chi connectivity index (χ2n) is 7.26. The molecule has 200 valence electrons. The van der Waals surface area contributed by atoms with Crippen LogP contribution in [-0.2, 0) is 32.1 Å². The second kappa shape index (κ2) is 12.7. The van der Waals surface area contributed by atoms with E-state index in [1.54, 1.807) is 25.1 Å². The monoisotopic (exact) mass is 557 g/mol. The van der Waals surface area contributed by atoms with Crippen molar-refractivity contribution in [3.63, 3.8) is 0 Å². The molecule has 0 amide bonds. The molecule has 5 N–H and O–H groups in total. The van der Waals surface area contributed by atoms with Crippen LogP contribution in [0.2, 0.25) is 0 Å². The molecule has 0 aliphatic heterocycles. The maximum atomic E-state index is 12.4. The van der Waals surface area contributed by atoms with Gasteiger partial charge in [-0.2, -0.15) is 23.4 Å². The van der Waals surface area contributed by atoms with Gasteiger partial charge in [0.05, 0.1) is 11.3 Å². The smallest absolute Gasteiger partial charge is 0.425 e. The van der Waals surface area contributed by atoms with Gasteiger partial charge in [0.15, 0.2) is 0 Å². The van der Waals surface area contributed by atoms with Crippen LogP contribution in [0.25, 0.3) is 10.9 Å². The standard InChI is InChI=1S/C19H23N7O6S.O3S/c1-3-20-17-23-18(21-6-7-33(30,31)32)25-19(24-17)22-12-4-5-13-11(2)8-15(27)26(10-16(28)29)14(13)9-12;1-4(2)3/h4-5,8-9H,3,6-7,10H2,1-2H3,(H,28,29)(H,30,31,32)(H3,20,21,22,23,24,25);. The molecule has 0 aliphatic carbocycles. The van der Waals surface area contributed by atoms with Gasteiger partial charge in [-0.1, -0.05) is 6.07 Å². The number of carboxylic acid groups (broad SMARTS) is 1. The highest BCUT2D eigenvalue weighted by Gasteiger charge is 2.12. The van der Waals surface area contributed by atoms with E-state index in [1.165, 1.54) is 6.07 Å². The van der Waals surface area contributed by atoms with Crippen LogP contribution in [0, 0.1) is 6.92 Å². The zero-order valence-corrected chi connectivity index (χ0v) is 21.1. The van der Waals surface area contributed by atoms with E-state index in [-0.39, 0.29) is 24.4 Å². The first kappa shape index (κ1) is 29.1. The van der Waals surface area contributed by atoms with Crippen LogP contribution in [0.3, 0.4) is 0 Å². The number of fused-ring (bicyclic) bond motifs is 1. The number of carbonyl (C=O) groups is 1. The number of nitrogens with zero attached hydrogens (tertiary/aromatic N) is 4. The van der Waals surface area contributed by atoms with Crippen LogP contribution in [0.5, 0.6) is 0 Å². The highest BCUT2D eigenvalue weighted by molar-refractivity contribution is 7.85. The summed E-state index contributed by atoms with van der Waals surface area (Å²) in [6.45, 7) is 3.52. The lowest BCUT2D eigenvalue weighted by molar-refractivity contribution is -0.137. The highest BCUT2D eigenvalue weighted by atomic mass is 32.2. The predicted molar refractivity (Wildman–Crippen MR) is 132 cm³/mol. The molecule has 0 saturated heterocycles. The largest absolute Gasteiger partial charge is 0.480 e. The summed E-state index contributed by atoms with van der Waals surface area (Å²) in [6.07, 6.45) is 0. The van der Waals surface area contributed by atoms with Crippen LogP contribution in [-0.4, -0.2) is 75.0 Å². The van der Waals surface area contributed by atoms with Gasteiger partial charge in [0.25, 0.3) is 15.7 Å². The summed E-state index contributed by atoms with van der Waals surface area (Å²) in [5, 5.41) is 18.5. The maximum Gasteiger partial charge on any atom is 0.425 e. The van der Waals surface area contributed by atoms with Gasteiger partial charge in [0.1, 0.15) is 6.54 Å². The molecular weight excluding hydrogens is 534 g/mol. The average Bonchev–Trinajstić information content (AvgIpc) is 2.75. The molecule has 16 nitrogen and oxygen atoms in total. The van der Waals surface area contributed by atoms with Gasteiger partial charge in [0.2, 0.25) is 17.8 Å². The molecule has 1 aromatic carbocycles. The molecule has 0 unspecified atom stereocenters. The number of anilines is 4. The lowest BCUT2D eigenvalue weighted by atomic mass is 10.1. The third-order valence-electron chi connectivity index (χ3n) is 4.48. The van der Waals surface area contributed by atoms with Crippen LogP contribution < -0.4 is 21.5 Å². The molecule has 0 saturated carbocycles. The van der Waals surface area contributed by atoms with Gasteiger partial charge in [-0.3, -0.25) is 18.7 Å². The quantitative estimate of drug-likeness (QED) is 0.207. The first-order valence-corrected chi connectivity index (χ1v) is 13.0. The van der Waals surface area contributed by atoms with Crippen molar-refractivity contribution in [1.29, 1.82) is 0 Å². The van der Waals surface area contributed by atoms with Gasteiger partial charge in [-0.25, -0.2) is 0 Å². The van der Waals surface area contributed by atoms with Crippen LogP contribution in [0.4, 0.5) is 23.5 Å². The maximum absolute atomic E-state index is 12.4. The van der Waals surface area contributed by atoms with Gasteiger partial charge in [-0.15, -0.1) is 12.6 Å². The fourth-order valence-electron chi connectivity index (χ4n) is 3.09. The molecule has 2 heterocycles. The molecule has 0 fully saturated rings. The summed E-state index contributed by atoms with van der Waals surface area (Å²) < 4.78 is 57.2. The van der Waals surface area contributed by atoms with Gasteiger partial charge in [-0.05, 0) is 31.5 Å². The fourth-order valence-corrected chi connectivity index (χ4v) is 3.45. The minimum atomic E-state index is -4.15. The second-order valence-corrected chi connectivity index (χ2v) is 9.24. The summed E-state index contributed by atoms with van der Waals surface area (Å²) in [4.78, 5) is 36.2. The summed E-state index contributed by atoms with van der Waals surface area (Å²) in [5.74, 6) is -1.25. The summed E-state index contributed by atoms with van der Waals surface area (Å²) in [7, 11) is -7.26. The van der Waals surface area contributed by atoms with Crippen LogP contribution in [0.1, 0.15) is 12.5 Å². The van der Waals surface area contributed by atoms with Crippen molar-refractivity contribution in [2.24, 2.45) is 0 Å². The lowest BCUT2D eigenvalue weighted by Crippen LogP contribution is -2.24. The molecular formula is C19H23N7O9S2. The normalized spacial score (nSPS) is 10.8. The third kappa shape index (κ3) is 9.43. The number of pyridine rings is 1. The van der Waals surface area contributed by atoms with E-state index in [0.29, 0.717) is 23.3 Å². The van der Waals surface area contributed by atoms with Gasteiger partial charge < -0.3 is 21.1 Å². The van der Waals surface area contributed by atoms with Crippen molar-refractivity contribution < 1.29 is 35.5 Å². The van der Waals surface area contributed by atoms with E-state index in [2.05, 4.69) is 30.9 Å². The van der Waals surface area contributed by atoms with Crippen LogP contribution in [0.15, 0.2) is 29.1 Å². The number of rotatable bonds is 10. The molecule has 37 heavy (non-hydrogen) atoms. The average molecular weight is 558 g/mol. The molecule has 3 aromatic rings. The molecule has 3 rings (SSSR count). The van der Waals surface area contributed by atoms with E-state index in [0.717, 1.165) is 9.95 Å². The van der Waals surface area contributed by atoms with Gasteiger partial charge in [0, 0.05) is 30.2 Å². The van der Waals surface area contributed by atoms with E-state index < -0.39 is 44.6 Å². The molecule has 0 atom stereocenters. The number of hydrogen-bond acceptors (Lipinski definition) is 13. The SMILES string of the molecule is CCNc1nc(NCCS(=O)(=O)O)nc(Nc2ccc3c(C)cc(=O)n(CC(=O)O)c3c2)n1.O=S(=O)=O. The number of benzene rings is 1. The number of aliphatic carboxylic acids is 1. The molecule has 0 spiro atoms. The molecule has 0 radical (unpaired) electrons. The molecule has 18 heteroatoms. The van der Waals surface area contributed by atoms with Crippen molar-refractivity contribution in [1.82, 2.24) is 19.5 Å². The molecule has 0 aliphatic rings. The minimum Gasteiger partial charge on any atom is -0.480 e. The topological polar surface area (TPSA) is 240 Å². The van der Waals surface area contributed by atoms with E-state index in [9.17, 15) is 23.1 Å². The van der Waals surface area contributed by atoms with Crippen molar-refractivity contribution in [3.8, 4) is 0 Å². The zero-order valence-electron chi connectivity index (χ0n) is 19.5. The van der Waals surface area contributed by atoms with Crippen molar-refractivity contribution in [3.05, 3.63) is 40.2 Å². The van der Waals surface area contributed by atoms with E-state index >= 15 is 0 Å². The number of carboxylic acids is 1. The molecule has 2 aromatic heterocycles. The Morgan fingerprint density at radius 1 is 1.05 bits per heavy atom. The minimum absolute atomic E-state index is 0.0755. The Labute approximate surface area is 211 Å². The third-order valence-corrected chi connectivity index (χ3v) is 5.20. The Kier molecular flexibility index (Phi) is 9.98. The lowest BCUT2D eigenvalue weighted by Gasteiger charge is -2.13. The molecule has 0 bridgehead atoms. The number of nitrogens with one attached hydrogen (secondary N) is 3. The Morgan fingerprint density at radius 3 is 2.22 bits per heavy atom. The highest BCUT2D eigenvalue weighted by Crippen LogP contribution is 2.23. The number of aromatic nitrogens is 4. The number of aryl methyl sites for hydroxylation is 1. The predicted octanol–water partition coefficient (Wildman–Crippen LogP) is 0.0505. The Morgan fingerprint density at radius 2 is 1.65 bits per heavy atom. The van der Waals surface area contributed by atoms with Crippen LogP contribution >= 0.6 is 0 Å². The first-order chi connectivity index (χ1) is 17.3. The summed E-state index contributed by atoms with van der Waals surface area (Å²) in [6, 6.07) is 6.49. The van der Waals surface area contributed by atoms with Gasteiger partial charge >= 0.3 is 16.6 Å². The van der Waals surface area contributed by atoms with Crippen molar-refractivity contribution >= 4 is 61.1 Å². The Balaban J connectivity index is 0.00000112. The Bertz CT molecular complexity index is 1570. The zero-order chi connectivity index (χ0) is 27.8. The van der Waals surface area contributed by atoms with Crippen molar-refractivity contribution in [2.75, 3.05) is 34.8 Å².